The Balaban J connectivity index is 1.73. The van der Waals surface area contributed by atoms with E-state index in [1.807, 2.05) is 48.5 Å². The second-order valence-corrected chi connectivity index (χ2v) is 6.72. The molecular weight excluding hydrogens is 380 g/mol. The lowest BCUT2D eigenvalue weighted by Crippen LogP contribution is -2.32. The van der Waals surface area contributed by atoms with Crippen LogP contribution in [0.1, 0.15) is 27.9 Å². The molecule has 3 aromatic rings. The van der Waals surface area contributed by atoms with Crippen LogP contribution in [0.2, 0.25) is 0 Å². The lowest BCUT2D eigenvalue weighted by molar-refractivity contribution is -0.140. The molecule has 3 rings (SSSR count). The minimum atomic E-state index is -0.352. The summed E-state index contributed by atoms with van der Waals surface area (Å²) < 4.78 is 10.5. The Bertz CT molecular complexity index is 961. The zero-order valence-corrected chi connectivity index (χ0v) is 16.9. The fraction of sp³-hybridized carbons (Fsp3) is 0.208. The van der Waals surface area contributed by atoms with E-state index in [0.717, 1.165) is 11.1 Å². The zero-order valence-electron chi connectivity index (χ0n) is 16.9. The molecule has 0 bridgehead atoms. The van der Waals surface area contributed by atoms with E-state index in [-0.39, 0.29) is 24.8 Å². The van der Waals surface area contributed by atoms with Crippen molar-refractivity contribution < 1.29 is 19.1 Å². The molecule has 0 saturated carbocycles. The molecule has 1 amide bonds. The smallest absolute Gasteiger partial charge is 0.307 e. The number of ether oxygens (including phenoxy) is 2. The van der Waals surface area contributed by atoms with Gasteiger partial charge in [0.1, 0.15) is 12.4 Å². The summed E-state index contributed by atoms with van der Waals surface area (Å²) >= 11 is 0. The summed E-state index contributed by atoms with van der Waals surface area (Å²) in [4.78, 5) is 30.5. The Hall–Kier alpha value is -3.67. The summed E-state index contributed by atoms with van der Waals surface area (Å²) in [5, 5.41) is 0. The Labute approximate surface area is 176 Å². The Kier molecular flexibility index (Phi) is 7.55. The van der Waals surface area contributed by atoms with Gasteiger partial charge in [0.2, 0.25) is 0 Å². The normalized spacial score (nSPS) is 10.3. The number of carbonyl (C=O) groups is 2. The van der Waals surface area contributed by atoms with Gasteiger partial charge in [-0.25, -0.2) is 0 Å². The van der Waals surface area contributed by atoms with Crippen LogP contribution in [0.25, 0.3) is 0 Å². The van der Waals surface area contributed by atoms with Crippen LogP contribution in [0.3, 0.4) is 0 Å². The molecule has 0 N–H and O–H groups in total. The third kappa shape index (κ3) is 6.17. The maximum atomic E-state index is 13.2. The number of aromatic nitrogens is 1. The molecule has 30 heavy (non-hydrogen) atoms. The first-order valence-electron chi connectivity index (χ1n) is 9.67. The maximum absolute atomic E-state index is 13.2. The lowest BCUT2D eigenvalue weighted by Gasteiger charge is -2.23. The van der Waals surface area contributed by atoms with Crippen molar-refractivity contribution in [1.82, 2.24) is 9.88 Å². The van der Waals surface area contributed by atoms with Gasteiger partial charge in [0, 0.05) is 36.6 Å². The molecule has 0 atom stereocenters. The average molecular weight is 404 g/mol. The molecule has 0 saturated heterocycles. The summed E-state index contributed by atoms with van der Waals surface area (Å²) in [5.41, 5.74) is 2.43. The second kappa shape index (κ2) is 10.8. The first-order chi connectivity index (χ1) is 14.7. The first kappa shape index (κ1) is 21.0. The fourth-order valence-electron chi connectivity index (χ4n) is 2.94. The maximum Gasteiger partial charge on any atom is 0.307 e. The molecule has 1 heterocycles. The van der Waals surface area contributed by atoms with E-state index >= 15 is 0 Å². The number of methoxy groups -OCH3 is 1. The van der Waals surface area contributed by atoms with E-state index in [1.54, 1.807) is 35.5 Å². The molecular formula is C24H24N2O4. The topological polar surface area (TPSA) is 68.7 Å². The van der Waals surface area contributed by atoms with Crippen molar-refractivity contribution in [1.29, 1.82) is 0 Å². The van der Waals surface area contributed by atoms with Gasteiger partial charge in [-0.1, -0.05) is 42.5 Å². The molecule has 154 valence electrons. The molecule has 0 aliphatic heterocycles. The molecule has 0 unspecified atom stereocenters. The van der Waals surface area contributed by atoms with E-state index in [4.69, 9.17) is 9.47 Å². The Morgan fingerprint density at radius 2 is 1.77 bits per heavy atom. The second-order valence-electron chi connectivity index (χ2n) is 6.72. The van der Waals surface area contributed by atoms with Crippen molar-refractivity contribution in [2.24, 2.45) is 0 Å². The summed E-state index contributed by atoms with van der Waals surface area (Å²) in [6, 6.07) is 20.5. The molecule has 0 aliphatic rings. The molecule has 6 nitrogen and oxygen atoms in total. The van der Waals surface area contributed by atoms with Crippen molar-refractivity contribution in [3.63, 3.8) is 0 Å². The highest BCUT2D eigenvalue weighted by Gasteiger charge is 2.18. The largest absolute Gasteiger partial charge is 0.489 e. The van der Waals surface area contributed by atoms with Crippen LogP contribution in [-0.4, -0.2) is 35.4 Å². The van der Waals surface area contributed by atoms with Gasteiger partial charge in [0.05, 0.1) is 13.5 Å². The van der Waals surface area contributed by atoms with Crippen LogP contribution >= 0.6 is 0 Å². The minimum absolute atomic E-state index is 0.131. The number of rotatable bonds is 9. The number of nitrogens with zero attached hydrogens (tertiary/aromatic N) is 2. The number of pyridine rings is 1. The van der Waals surface area contributed by atoms with Gasteiger partial charge in [-0.2, -0.15) is 0 Å². The van der Waals surface area contributed by atoms with E-state index in [2.05, 4.69) is 4.98 Å². The SMILES string of the molecule is COC(=O)CCN(Cc1ccccc1)C(=O)c1cccc(OCc2cccnc2)c1. The number of esters is 1. The zero-order chi connectivity index (χ0) is 21.2. The van der Waals surface area contributed by atoms with Crippen molar-refractivity contribution in [2.75, 3.05) is 13.7 Å². The summed E-state index contributed by atoms with van der Waals surface area (Å²) in [6.45, 7) is 1.03. The quantitative estimate of drug-likeness (QED) is 0.507. The predicted molar refractivity (Wildman–Crippen MR) is 113 cm³/mol. The van der Waals surface area contributed by atoms with E-state index in [9.17, 15) is 9.59 Å². The van der Waals surface area contributed by atoms with Crippen molar-refractivity contribution in [2.45, 2.75) is 19.6 Å². The van der Waals surface area contributed by atoms with E-state index in [0.29, 0.717) is 24.5 Å². The Morgan fingerprint density at radius 3 is 2.50 bits per heavy atom. The number of amides is 1. The summed E-state index contributed by atoms with van der Waals surface area (Å²) in [5.74, 6) is 0.0707. The average Bonchev–Trinajstić information content (AvgIpc) is 2.81. The van der Waals surface area contributed by atoms with Crippen LogP contribution in [-0.2, 0) is 22.7 Å². The van der Waals surface area contributed by atoms with Crippen LogP contribution < -0.4 is 4.74 Å². The van der Waals surface area contributed by atoms with Crippen molar-refractivity contribution in [3.05, 3.63) is 95.8 Å². The first-order valence-corrected chi connectivity index (χ1v) is 9.67. The van der Waals surface area contributed by atoms with E-state index < -0.39 is 0 Å². The van der Waals surface area contributed by atoms with Gasteiger partial charge < -0.3 is 14.4 Å². The number of benzene rings is 2. The Morgan fingerprint density at radius 1 is 0.967 bits per heavy atom. The highest BCUT2D eigenvalue weighted by Crippen LogP contribution is 2.18. The molecule has 2 aromatic carbocycles. The monoisotopic (exact) mass is 404 g/mol. The van der Waals surface area contributed by atoms with Crippen LogP contribution in [0.4, 0.5) is 0 Å². The van der Waals surface area contributed by atoms with Gasteiger partial charge in [-0.3, -0.25) is 14.6 Å². The fourth-order valence-corrected chi connectivity index (χ4v) is 2.94. The molecule has 0 fully saturated rings. The van der Waals surface area contributed by atoms with Gasteiger partial charge in [-0.15, -0.1) is 0 Å². The minimum Gasteiger partial charge on any atom is -0.489 e. The summed E-state index contributed by atoms with van der Waals surface area (Å²) in [6.07, 6.45) is 3.58. The third-order valence-corrected chi connectivity index (χ3v) is 4.53. The van der Waals surface area contributed by atoms with Gasteiger partial charge >= 0.3 is 5.97 Å². The third-order valence-electron chi connectivity index (χ3n) is 4.53. The predicted octanol–water partition coefficient (Wildman–Crippen LogP) is 3.87. The van der Waals surface area contributed by atoms with E-state index in [1.165, 1.54) is 7.11 Å². The van der Waals surface area contributed by atoms with Crippen LogP contribution in [0, 0.1) is 0 Å². The van der Waals surface area contributed by atoms with Crippen LogP contribution in [0.5, 0.6) is 5.75 Å². The number of hydrogen-bond donors (Lipinski definition) is 0. The number of carbonyl (C=O) groups excluding carboxylic acids is 2. The van der Waals surface area contributed by atoms with Crippen molar-refractivity contribution in [3.8, 4) is 5.75 Å². The highest BCUT2D eigenvalue weighted by molar-refractivity contribution is 5.94. The molecule has 0 spiro atoms. The lowest BCUT2D eigenvalue weighted by atomic mass is 10.1. The molecule has 1 aromatic heterocycles. The standard InChI is InChI=1S/C24H24N2O4/c1-29-23(27)12-14-26(17-19-7-3-2-4-8-19)24(28)21-10-5-11-22(15-21)30-18-20-9-6-13-25-16-20/h2-11,13,15-16H,12,14,17-18H2,1H3. The molecule has 0 radical (unpaired) electrons. The molecule has 0 aliphatic carbocycles. The van der Waals surface area contributed by atoms with Crippen molar-refractivity contribution >= 4 is 11.9 Å². The van der Waals surface area contributed by atoms with Gasteiger partial charge in [0.25, 0.3) is 5.91 Å². The highest BCUT2D eigenvalue weighted by atomic mass is 16.5. The molecule has 6 heteroatoms. The van der Waals surface area contributed by atoms with Crippen LogP contribution in [0.15, 0.2) is 79.1 Å². The number of hydrogen-bond acceptors (Lipinski definition) is 5. The summed E-state index contributed by atoms with van der Waals surface area (Å²) in [7, 11) is 1.34. The van der Waals surface area contributed by atoms with Gasteiger partial charge in [0.15, 0.2) is 0 Å². The van der Waals surface area contributed by atoms with Gasteiger partial charge in [-0.05, 0) is 29.8 Å².